The molecular formula is C19H22FN3O4S2. The summed E-state index contributed by atoms with van der Waals surface area (Å²) in [6, 6.07) is 12.3. The maximum atomic E-state index is 12.8. The van der Waals surface area contributed by atoms with Gasteiger partial charge in [-0.05, 0) is 42.4 Å². The van der Waals surface area contributed by atoms with Crippen LogP contribution in [0.15, 0.2) is 48.5 Å². The van der Waals surface area contributed by atoms with Gasteiger partial charge in [0, 0.05) is 12.2 Å². The van der Waals surface area contributed by atoms with Crippen LogP contribution in [0, 0.1) is 5.82 Å². The van der Waals surface area contributed by atoms with Gasteiger partial charge in [-0.15, -0.1) is 11.8 Å². The minimum Gasteiger partial charge on any atom is -0.351 e. The summed E-state index contributed by atoms with van der Waals surface area (Å²) >= 11 is 1.17. The lowest BCUT2D eigenvalue weighted by Crippen LogP contribution is -2.25. The monoisotopic (exact) mass is 439 g/mol. The van der Waals surface area contributed by atoms with Gasteiger partial charge in [-0.2, -0.15) is 0 Å². The lowest BCUT2D eigenvalue weighted by molar-refractivity contribution is -0.118. The molecule has 0 bridgehead atoms. The number of amides is 2. The van der Waals surface area contributed by atoms with E-state index < -0.39 is 10.0 Å². The number of halogens is 1. The van der Waals surface area contributed by atoms with E-state index in [2.05, 4.69) is 15.4 Å². The Morgan fingerprint density at radius 2 is 1.52 bits per heavy atom. The van der Waals surface area contributed by atoms with Crippen LogP contribution in [0.25, 0.3) is 0 Å². The second kappa shape index (κ2) is 10.9. The van der Waals surface area contributed by atoms with E-state index in [0.29, 0.717) is 17.8 Å². The molecule has 0 spiro atoms. The van der Waals surface area contributed by atoms with Crippen LogP contribution in [-0.4, -0.2) is 38.8 Å². The van der Waals surface area contributed by atoms with Crippen molar-refractivity contribution in [2.24, 2.45) is 0 Å². The third-order valence-electron chi connectivity index (χ3n) is 3.77. The lowest BCUT2D eigenvalue weighted by atomic mass is 10.1. The topological polar surface area (TPSA) is 104 Å². The molecular weight excluding hydrogens is 417 g/mol. The van der Waals surface area contributed by atoms with Crippen molar-refractivity contribution in [3.05, 3.63) is 65.5 Å². The minimum atomic E-state index is -3.32. The average Bonchev–Trinajstić information content (AvgIpc) is 2.69. The number of sulfonamides is 1. The Hall–Kier alpha value is -2.43. The zero-order valence-corrected chi connectivity index (χ0v) is 17.4. The Bertz CT molecular complexity index is 933. The van der Waals surface area contributed by atoms with E-state index in [1.54, 1.807) is 24.3 Å². The summed E-state index contributed by atoms with van der Waals surface area (Å²) in [5.74, 6) is -0.763. The van der Waals surface area contributed by atoms with Crippen molar-refractivity contribution >= 4 is 39.3 Å². The van der Waals surface area contributed by atoms with Crippen LogP contribution in [0.3, 0.4) is 0 Å². The van der Waals surface area contributed by atoms with Gasteiger partial charge < -0.3 is 10.6 Å². The third kappa shape index (κ3) is 8.63. The first-order valence-corrected chi connectivity index (χ1v) is 11.5. The summed E-state index contributed by atoms with van der Waals surface area (Å²) in [6.07, 6.45) is 0. The molecule has 156 valence electrons. The standard InChI is InChI=1S/C19H22FN3O4S2/c1-21-29(26,27)13-15-4-2-14(3-5-15)10-22-18(24)11-28-12-19(25)23-17-8-6-16(20)7-9-17/h2-9,21H,10-13H2,1H3,(H,22,24)(H,23,25). The van der Waals surface area contributed by atoms with Crippen LogP contribution in [0.4, 0.5) is 10.1 Å². The molecule has 0 fully saturated rings. The predicted molar refractivity (Wildman–Crippen MR) is 112 cm³/mol. The van der Waals surface area contributed by atoms with Gasteiger partial charge in [0.2, 0.25) is 21.8 Å². The molecule has 2 rings (SSSR count). The van der Waals surface area contributed by atoms with Crippen LogP contribution < -0.4 is 15.4 Å². The van der Waals surface area contributed by atoms with E-state index in [0.717, 1.165) is 5.56 Å². The molecule has 0 aliphatic carbocycles. The molecule has 0 unspecified atom stereocenters. The lowest BCUT2D eigenvalue weighted by Gasteiger charge is -2.08. The van der Waals surface area contributed by atoms with Gasteiger partial charge >= 0.3 is 0 Å². The Kier molecular flexibility index (Phi) is 8.62. The molecule has 2 amide bonds. The number of carbonyl (C=O) groups excluding carboxylic acids is 2. The molecule has 0 radical (unpaired) electrons. The van der Waals surface area contributed by atoms with Crippen molar-refractivity contribution in [1.29, 1.82) is 0 Å². The fourth-order valence-electron chi connectivity index (χ4n) is 2.26. The van der Waals surface area contributed by atoms with Crippen LogP contribution in [0.5, 0.6) is 0 Å². The molecule has 0 aromatic heterocycles. The maximum absolute atomic E-state index is 12.8. The highest BCUT2D eigenvalue weighted by molar-refractivity contribution is 8.00. The van der Waals surface area contributed by atoms with E-state index in [1.165, 1.54) is 43.1 Å². The van der Waals surface area contributed by atoms with Crippen molar-refractivity contribution < 1.29 is 22.4 Å². The molecule has 0 aliphatic heterocycles. The maximum Gasteiger partial charge on any atom is 0.234 e. The zero-order valence-electron chi connectivity index (χ0n) is 15.8. The Morgan fingerprint density at radius 1 is 0.931 bits per heavy atom. The number of benzene rings is 2. The third-order valence-corrected chi connectivity index (χ3v) is 6.04. The number of anilines is 1. The summed E-state index contributed by atoms with van der Waals surface area (Å²) in [5, 5.41) is 5.36. The summed E-state index contributed by atoms with van der Waals surface area (Å²) in [7, 11) is -1.96. The number of hydrogen-bond acceptors (Lipinski definition) is 5. The number of hydrogen-bond donors (Lipinski definition) is 3. The molecule has 0 heterocycles. The van der Waals surface area contributed by atoms with Gasteiger partial charge in [-0.1, -0.05) is 24.3 Å². The summed E-state index contributed by atoms with van der Waals surface area (Å²) in [4.78, 5) is 23.7. The first kappa shape index (κ1) is 22.9. The van der Waals surface area contributed by atoms with E-state index in [4.69, 9.17) is 0 Å². The number of rotatable bonds is 10. The van der Waals surface area contributed by atoms with E-state index >= 15 is 0 Å². The Morgan fingerprint density at radius 3 is 2.14 bits per heavy atom. The molecule has 0 atom stereocenters. The van der Waals surface area contributed by atoms with Crippen LogP contribution in [-0.2, 0) is 31.9 Å². The molecule has 0 saturated carbocycles. The van der Waals surface area contributed by atoms with Crippen molar-refractivity contribution in [2.45, 2.75) is 12.3 Å². The van der Waals surface area contributed by atoms with E-state index in [1.807, 2.05) is 0 Å². The molecule has 2 aromatic carbocycles. The molecule has 0 saturated heterocycles. The van der Waals surface area contributed by atoms with Gasteiger partial charge in [0.05, 0.1) is 17.3 Å². The van der Waals surface area contributed by atoms with E-state index in [-0.39, 0.29) is 34.9 Å². The average molecular weight is 440 g/mol. The summed E-state index contributed by atoms with van der Waals surface area (Å²) in [5.41, 5.74) is 1.98. The fourth-order valence-corrected chi connectivity index (χ4v) is 3.69. The second-order valence-electron chi connectivity index (χ2n) is 6.10. The molecule has 3 N–H and O–H groups in total. The highest BCUT2D eigenvalue weighted by Crippen LogP contribution is 2.10. The van der Waals surface area contributed by atoms with Gasteiger partial charge in [0.25, 0.3) is 0 Å². The van der Waals surface area contributed by atoms with Crippen molar-refractivity contribution in [3.8, 4) is 0 Å². The quantitative estimate of drug-likeness (QED) is 0.524. The van der Waals surface area contributed by atoms with E-state index in [9.17, 15) is 22.4 Å². The van der Waals surface area contributed by atoms with Crippen molar-refractivity contribution in [1.82, 2.24) is 10.0 Å². The molecule has 0 aliphatic rings. The molecule has 7 nitrogen and oxygen atoms in total. The van der Waals surface area contributed by atoms with Crippen molar-refractivity contribution in [2.75, 3.05) is 23.9 Å². The fraction of sp³-hybridized carbons (Fsp3) is 0.263. The van der Waals surface area contributed by atoms with Gasteiger partial charge in [0.1, 0.15) is 5.82 Å². The Balaban J connectivity index is 1.67. The predicted octanol–water partition coefficient (Wildman–Crippen LogP) is 1.86. The van der Waals surface area contributed by atoms with Gasteiger partial charge in [-0.3, -0.25) is 9.59 Å². The summed E-state index contributed by atoms with van der Waals surface area (Å²) < 4.78 is 38.1. The molecule has 29 heavy (non-hydrogen) atoms. The van der Waals surface area contributed by atoms with Crippen LogP contribution in [0.2, 0.25) is 0 Å². The zero-order chi connectivity index (χ0) is 21.3. The number of thioether (sulfide) groups is 1. The Labute approximate surface area is 173 Å². The molecule has 10 heteroatoms. The summed E-state index contributed by atoms with van der Waals surface area (Å²) in [6.45, 7) is 0.306. The highest BCUT2D eigenvalue weighted by atomic mass is 32.2. The normalized spacial score (nSPS) is 11.1. The number of carbonyl (C=O) groups is 2. The van der Waals surface area contributed by atoms with Gasteiger partial charge in [0.15, 0.2) is 0 Å². The van der Waals surface area contributed by atoms with Crippen molar-refractivity contribution in [3.63, 3.8) is 0 Å². The highest BCUT2D eigenvalue weighted by Gasteiger charge is 2.09. The van der Waals surface area contributed by atoms with Crippen LogP contribution in [0.1, 0.15) is 11.1 Å². The smallest absolute Gasteiger partial charge is 0.234 e. The first-order chi connectivity index (χ1) is 13.8. The largest absolute Gasteiger partial charge is 0.351 e. The number of nitrogens with one attached hydrogen (secondary N) is 3. The van der Waals surface area contributed by atoms with Crippen LogP contribution >= 0.6 is 11.8 Å². The van der Waals surface area contributed by atoms with Gasteiger partial charge in [-0.25, -0.2) is 17.5 Å². The second-order valence-corrected chi connectivity index (χ2v) is 9.02. The molecule has 2 aromatic rings. The minimum absolute atomic E-state index is 0.0967. The SMILES string of the molecule is CNS(=O)(=O)Cc1ccc(CNC(=O)CSCC(=O)Nc2ccc(F)cc2)cc1. The first-order valence-electron chi connectivity index (χ1n) is 8.66.